The van der Waals surface area contributed by atoms with E-state index >= 15 is 0 Å². The molecule has 1 aromatic rings. The molecule has 0 aliphatic rings. The molecule has 0 aliphatic heterocycles. The maximum absolute atomic E-state index is 5.50. The van der Waals surface area contributed by atoms with E-state index in [9.17, 15) is 0 Å². The van der Waals surface area contributed by atoms with Gasteiger partial charge in [0.2, 0.25) is 5.89 Å². The van der Waals surface area contributed by atoms with E-state index in [4.69, 9.17) is 4.42 Å². The molecule has 68 valence electrons. The minimum Gasteiger partial charge on any atom is -0.444 e. The van der Waals surface area contributed by atoms with Crippen molar-refractivity contribution in [3.63, 3.8) is 0 Å². The Bertz CT molecular complexity index is 232. The third-order valence-electron chi connectivity index (χ3n) is 1.87. The quantitative estimate of drug-likeness (QED) is 0.746. The van der Waals surface area contributed by atoms with Crippen molar-refractivity contribution in [1.29, 1.82) is 0 Å². The van der Waals surface area contributed by atoms with Gasteiger partial charge in [0, 0.05) is 6.42 Å². The lowest BCUT2D eigenvalue weighted by Gasteiger charge is -2.03. The largest absolute Gasteiger partial charge is 0.444 e. The molecular weight excluding hydrogens is 152 g/mol. The highest BCUT2D eigenvalue weighted by atomic mass is 16.4. The van der Waals surface area contributed by atoms with Crippen LogP contribution in [-0.2, 0) is 6.42 Å². The fourth-order valence-electron chi connectivity index (χ4n) is 1.01. The van der Waals surface area contributed by atoms with Gasteiger partial charge in [-0.2, -0.15) is 0 Å². The fraction of sp³-hybridized carbons (Fsp3) is 0.667. The van der Waals surface area contributed by atoms with E-state index in [1.807, 2.05) is 20.2 Å². The molecule has 3 heteroatoms. The van der Waals surface area contributed by atoms with Crippen LogP contribution in [0.25, 0.3) is 0 Å². The summed E-state index contributed by atoms with van der Waals surface area (Å²) in [6.45, 7) is 4.16. The predicted octanol–water partition coefficient (Wildman–Crippen LogP) is 1.91. The smallest absolute Gasteiger partial charge is 0.211 e. The highest BCUT2D eigenvalue weighted by Gasteiger charge is 2.08. The summed E-state index contributed by atoms with van der Waals surface area (Å²) < 4.78 is 5.50. The summed E-state index contributed by atoms with van der Waals surface area (Å²) in [5.41, 5.74) is 0. The Balaban J connectivity index is 2.63. The van der Waals surface area contributed by atoms with Gasteiger partial charge in [-0.3, -0.25) is 0 Å². The van der Waals surface area contributed by atoms with Gasteiger partial charge in [0.05, 0.1) is 12.2 Å². The Labute approximate surface area is 73.2 Å². The molecule has 1 aromatic heterocycles. The summed E-state index contributed by atoms with van der Waals surface area (Å²) in [5.74, 6) is 1.76. The van der Waals surface area contributed by atoms with Crippen LogP contribution in [-0.4, -0.2) is 12.0 Å². The summed E-state index contributed by atoms with van der Waals surface area (Å²) in [6.07, 6.45) is 3.89. The predicted molar refractivity (Wildman–Crippen MR) is 48.0 cm³/mol. The van der Waals surface area contributed by atoms with Crippen molar-refractivity contribution in [1.82, 2.24) is 10.3 Å². The molecule has 0 aliphatic carbocycles. The van der Waals surface area contributed by atoms with Crippen LogP contribution in [0.3, 0.4) is 0 Å². The zero-order valence-electron chi connectivity index (χ0n) is 7.92. The van der Waals surface area contributed by atoms with E-state index in [1.54, 1.807) is 0 Å². The van der Waals surface area contributed by atoms with E-state index in [-0.39, 0.29) is 6.04 Å². The molecule has 1 atom stereocenters. The molecule has 1 heterocycles. The molecule has 1 N–H and O–H groups in total. The molecule has 0 saturated heterocycles. The van der Waals surface area contributed by atoms with E-state index in [0.717, 1.165) is 24.5 Å². The molecule has 3 nitrogen and oxygen atoms in total. The van der Waals surface area contributed by atoms with Gasteiger partial charge in [0.15, 0.2) is 0 Å². The van der Waals surface area contributed by atoms with E-state index < -0.39 is 0 Å². The maximum Gasteiger partial charge on any atom is 0.211 e. The number of hydrogen-bond acceptors (Lipinski definition) is 3. The van der Waals surface area contributed by atoms with Crippen molar-refractivity contribution >= 4 is 0 Å². The second kappa shape index (κ2) is 4.26. The van der Waals surface area contributed by atoms with Gasteiger partial charge in [-0.25, -0.2) is 4.98 Å². The summed E-state index contributed by atoms with van der Waals surface area (Å²) in [5, 5.41) is 3.08. The number of rotatable bonds is 4. The fourth-order valence-corrected chi connectivity index (χ4v) is 1.01. The number of nitrogens with one attached hydrogen (secondary N) is 1. The maximum atomic E-state index is 5.50. The van der Waals surface area contributed by atoms with Gasteiger partial charge in [-0.05, 0) is 20.4 Å². The lowest BCUT2D eigenvalue weighted by molar-refractivity contribution is 0.406. The van der Waals surface area contributed by atoms with Gasteiger partial charge in [-0.15, -0.1) is 0 Å². The highest BCUT2D eigenvalue weighted by Crippen LogP contribution is 2.12. The zero-order valence-corrected chi connectivity index (χ0v) is 7.92. The molecule has 1 rings (SSSR count). The van der Waals surface area contributed by atoms with E-state index in [1.165, 1.54) is 0 Å². The molecule has 12 heavy (non-hydrogen) atoms. The van der Waals surface area contributed by atoms with Crippen LogP contribution in [0.2, 0.25) is 0 Å². The summed E-state index contributed by atoms with van der Waals surface area (Å²) in [6, 6.07) is 0.204. The molecular formula is C9H16N2O. The SMILES string of the molecule is CCCc1cnc(C(C)NC)o1. The normalized spacial score (nSPS) is 13.2. The number of hydrogen-bond donors (Lipinski definition) is 1. The Hall–Kier alpha value is -0.830. The Morgan fingerprint density at radius 2 is 2.42 bits per heavy atom. The van der Waals surface area contributed by atoms with Crippen molar-refractivity contribution in [2.45, 2.75) is 32.7 Å². The molecule has 0 amide bonds. The Morgan fingerprint density at radius 1 is 1.67 bits per heavy atom. The number of oxazole rings is 1. The average molecular weight is 168 g/mol. The first kappa shape index (κ1) is 9.26. The first-order valence-electron chi connectivity index (χ1n) is 4.39. The molecule has 0 spiro atoms. The second-order valence-electron chi connectivity index (χ2n) is 2.93. The average Bonchev–Trinajstić information content (AvgIpc) is 2.52. The summed E-state index contributed by atoms with van der Waals surface area (Å²) in [7, 11) is 1.90. The van der Waals surface area contributed by atoms with Gasteiger partial charge >= 0.3 is 0 Å². The van der Waals surface area contributed by atoms with Crippen LogP contribution >= 0.6 is 0 Å². The first-order valence-corrected chi connectivity index (χ1v) is 4.39. The summed E-state index contributed by atoms with van der Waals surface area (Å²) in [4.78, 5) is 4.18. The zero-order chi connectivity index (χ0) is 8.97. The van der Waals surface area contributed by atoms with Gasteiger partial charge < -0.3 is 9.73 Å². The van der Waals surface area contributed by atoms with Crippen LogP contribution in [0, 0.1) is 0 Å². The van der Waals surface area contributed by atoms with Crippen molar-refractivity contribution in [2.24, 2.45) is 0 Å². The first-order chi connectivity index (χ1) is 5.77. The number of aryl methyl sites for hydroxylation is 1. The van der Waals surface area contributed by atoms with E-state index in [2.05, 4.69) is 17.2 Å². The second-order valence-corrected chi connectivity index (χ2v) is 2.93. The molecule has 0 radical (unpaired) electrons. The van der Waals surface area contributed by atoms with E-state index in [0.29, 0.717) is 0 Å². The molecule has 0 fully saturated rings. The van der Waals surface area contributed by atoms with Crippen LogP contribution in [0.15, 0.2) is 10.6 Å². The van der Waals surface area contributed by atoms with Crippen LogP contribution < -0.4 is 5.32 Å². The third-order valence-corrected chi connectivity index (χ3v) is 1.87. The lowest BCUT2D eigenvalue weighted by Crippen LogP contribution is -2.12. The third kappa shape index (κ3) is 2.08. The standard InChI is InChI=1S/C9H16N2O/c1-4-5-8-6-11-9(12-8)7(2)10-3/h6-7,10H,4-5H2,1-3H3. The highest BCUT2D eigenvalue weighted by molar-refractivity contribution is 4.97. The summed E-state index contributed by atoms with van der Waals surface area (Å²) >= 11 is 0. The van der Waals surface area contributed by atoms with Gasteiger partial charge in [0.25, 0.3) is 0 Å². The van der Waals surface area contributed by atoms with Crippen molar-refractivity contribution in [3.05, 3.63) is 17.8 Å². The van der Waals surface area contributed by atoms with Crippen molar-refractivity contribution in [3.8, 4) is 0 Å². The number of nitrogens with zero attached hydrogens (tertiary/aromatic N) is 1. The molecule has 0 bridgehead atoms. The van der Waals surface area contributed by atoms with Crippen molar-refractivity contribution < 1.29 is 4.42 Å². The minimum absolute atomic E-state index is 0.204. The Kier molecular flexibility index (Phi) is 3.29. The monoisotopic (exact) mass is 168 g/mol. The molecule has 0 aromatic carbocycles. The minimum atomic E-state index is 0.204. The topological polar surface area (TPSA) is 38.1 Å². The lowest BCUT2D eigenvalue weighted by atomic mass is 10.3. The molecule has 0 saturated carbocycles. The molecule has 1 unspecified atom stereocenters. The van der Waals surface area contributed by atoms with Crippen LogP contribution in [0.5, 0.6) is 0 Å². The van der Waals surface area contributed by atoms with Crippen molar-refractivity contribution in [2.75, 3.05) is 7.05 Å². The Morgan fingerprint density at radius 3 is 3.00 bits per heavy atom. The van der Waals surface area contributed by atoms with Crippen LogP contribution in [0.4, 0.5) is 0 Å². The number of aromatic nitrogens is 1. The van der Waals surface area contributed by atoms with Gasteiger partial charge in [-0.1, -0.05) is 6.92 Å². The van der Waals surface area contributed by atoms with Gasteiger partial charge in [0.1, 0.15) is 5.76 Å². The van der Waals surface area contributed by atoms with Crippen LogP contribution in [0.1, 0.15) is 38.0 Å².